The molecular weight excluding hydrogens is 178 g/mol. The van der Waals surface area contributed by atoms with Crippen molar-refractivity contribution in [2.24, 2.45) is 0 Å². The lowest BCUT2D eigenvalue weighted by Gasteiger charge is -2.05. The molecule has 0 radical (unpaired) electrons. The molecule has 14 heavy (non-hydrogen) atoms. The van der Waals surface area contributed by atoms with E-state index in [-0.39, 0.29) is 6.61 Å². The zero-order chi connectivity index (χ0) is 10.4. The monoisotopic (exact) mass is 195 g/mol. The van der Waals surface area contributed by atoms with Gasteiger partial charge in [-0.3, -0.25) is 0 Å². The minimum absolute atomic E-state index is 0.171. The highest BCUT2D eigenvalue weighted by atomic mass is 16.3. The molecule has 1 aromatic rings. The molecule has 0 aliphatic carbocycles. The van der Waals surface area contributed by atoms with Gasteiger partial charge in [0, 0.05) is 6.54 Å². The van der Waals surface area contributed by atoms with E-state index in [9.17, 15) is 0 Å². The van der Waals surface area contributed by atoms with Crippen molar-refractivity contribution in [2.45, 2.75) is 6.42 Å². The second-order valence-electron chi connectivity index (χ2n) is 3.19. The summed E-state index contributed by atoms with van der Waals surface area (Å²) in [5.74, 6) is 0. The first-order chi connectivity index (χ1) is 6.74. The number of benzene rings is 1. The highest BCUT2D eigenvalue weighted by Crippen LogP contribution is 2.15. The summed E-state index contributed by atoms with van der Waals surface area (Å²) >= 11 is 0. The van der Waals surface area contributed by atoms with Gasteiger partial charge in [0.2, 0.25) is 0 Å². The molecule has 4 nitrogen and oxygen atoms in total. The Balaban J connectivity index is 2.39. The Hall–Kier alpha value is -1.26. The third-order valence-corrected chi connectivity index (χ3v) is 2.03. The lowest BCUT2D eigenvalue weighted by atomic mass is 10.1. The second kappa shape index (κ2) is 5.47. The van der Waals surface area contributed by atoms with Crippen LogP contribution in [0.4, 0.5) is 11.4 Å². The van der Waals surface area contributed by atoms with Gasteiger partial charge in [-0.2, -0.15) is 0 Å². The van der Waals surface area contributed by atoms with E-state index in [0.29, 0.717) is 17.9 Å². The van der Waals surface area contributed by atoms with Gasteiger partial charge in [0.25, 0.3) is 0 Å². The highest BCUT2D eigenvalue weighted by molar-refractivity contribution is 5.63. The van der Waals surface area contributed by atoms with E-state index >= 15 is 0 Å². The number of nitrogen functional groups attached to an aromatic ring is 2. The fraction of sp³-hybridized carbons (Fsp3) is 0.400. The zero-order valence-electron chi connectivity index (χ0n) is 8.16. The molecule has 1 rings (SSSR count). The Kier molecular flexibility index (Phi) is 4.22. The van der Waals surface area contributed by atoms with Crippen molar-refractivity contribution in [1.82, 2.24) is 5.32 Å². The molecule has 0 atom stereocenters. The molecule has 0 aliphatic rings. The fourth-order valence-corrected chi connectivity index (χ4v) is 1.22. The number of hydrogen-bond acceptors (Lipinski definition) is 4. The lowest BCUT2D eigenvalue weighted by Crippen LogP contribution is -2.20. The molecule has 4 heteroatoms. The molecule has 0 unspecified atom stereocenters. The normalized spacial score (nSPS) is 10.4. The molecule has 0 saturated heterocycles. The van der Waals surface area contributed by atoms with Crippen molar-refractivity contribution in [3.63, 3.8) is 0 Å². The van der Waals surface area contributed by atoms with Crippen LogP contribution in [-0.4, -0.2) is 24.8 Å². The largest absolute Gasteiger partial charge is 0.397 e. The van der Waals surface area contributed by atoms with Gasteiger partial charge in [-0.15, -0.1) is 0 Å². The van der Waals surface area contributed by atoms with Gasteiger partial charge in [-0.1, -0.05) is 6.07 Å². The molecule has 0 bridgehead atoms. The number of aliphatic hydroxyl groups excluding tert-OH is 1. The van der Waals surface area contributed by atoms with Crippen LogP contribution in [0.25, 0.3) is 0 Å². The van der Waals surface area contributed by atoms with Crippen molar-refractivity contribution in [2.75, 3.05) is 31.2 Å². The molecule has 0 saturated carbocycles. The number of aliphatic hydroxyl groups is 1. The molecule has 0 aromatic heterocycles. The summed E-state index contributed by atoms with van der Waals surface area (Å²) in [5, 5.41) is 11.6. The molecular formula is C10H17N3O. The second-order valence-corrected chi connectivity index (χ2v) is 3.19. The lowest BCUT2D eigenvalue weighted by molar-refractivity contribution is 0.293. The maximum atomic E-state index is 8.54. The van der Waals surface area contributed by atoms with Crippen molar-refractivity contribution in [1.29, 1.82) is 0 Å². The first kappa shape index (κ1) is 10.8. The Morgan fingerprint density at radius 1 is 1.14 bits per heavy atom. The summed E-state index contributed by atoms with van der Waals surface area (Å²) in [5.41, 5.74) is 13.7. The maximum Gasteiger partial charge on any atom is 0.0555 e. The Morgan fingerprint density at radius 3 is 2.57 bits per heavy atom. The third-order valence-electron chi connectivity index (χ3n) is 2.03. The molecule has 0 aliphatic heterocycles. The Morgan fingerprint density at radius 2 is 1.93 bits per heavy atom. The van der Waals surface area contributed by atoms with Gasteiger partial charge < -0.3 is 21.9 Å². The fourth-order valence-electron chi connectivity index (χ4n) is 1.22. The van der Waals surface area contributed by atoms with Crippen LogP contribution in [0.5, 0.6) is 0 Å². The van der Waals surface area contributed by atoms with E-state index < -0.39 is 0 Å². The summed E-state index contributed by atoms with van der Waals surface area (Å²) in [6, 6.07) is 5.67. The molecule has 0 fully saturated rings. The van der Waals surface area contributed by atoms with Gasteiger partial charge in [0.15, 0.2) is 0 Å². The molecule has 0 spiro atoms. The van der Waals surface area contributed by atoms with Gasteiger partial charge in [-0.05, 0) is 30.7 Å². The first-order valence-corrected chi connectivity index (χ1v) is 4.69. The zero-order valence-corrected chi connectivity index (χ0v) is 8.16. The number of hydrogen-bond donors (Lipinski definition) is 4. The predicted molar refractivity (Wildman–Crippen MR) is 58.9 cm³/mol. The van der Waals surface area contributed by atoms with E-state index in [1.807, 2.05) is 18.2 Å². The van der Waals surface area contributed by atoms with Crippen molar-refractivity contribution in [3.8, 4) is 0 Å². The SMILES string of the molecule is Nc1ccc(CCNCCO)cc1N. The third kappa shape index (κ3) is 3.24. The number of rotatable bonds is 5. The summed E-state index contributed by atoms with van der Waals surface area (Å²) in [4.78, 5) is 0. The maximum absolute atomic E-state index is 8.54. The number of anilines is 2. The van der Waals surface area contributed by atoms with E-state index in [0.717, 1.165) is 18.5 Å². The van der Waals surface area contributed by atoms with Crippen LogP contribution >= 0.6 is 0 Å². The molecule has 6 N–H and O–H groups in total. The first-order valence-electron chi connectivity index (χ1n) is 4.69. The molecule has 0 heterocycles. The number of nitrogens with two attached hydrogens (primary N) is 2. The molecule has 78 valence electrons. The van der Waals surface area contributed by atoms with Gasteiger partial charge in [0.1, 0.15) is 0 Å². The van der Waals surface area contributed by atoms with Crippen molar-refractivity contribution < 1.29 is 5.11 Å². The standard InChI is InChI=1S/C10H17N3O/c11-9-2-1-8(7-10(9)12)3-4-13-5-6-14/h1-2,7,13-14H,3-6,11-12H2. The Bertz CT molecular complexity index is 289. The number of nitrogens with one attached hydrogen (secondary N) is 1. The van der Waals surface area contributed by atoms with E-state index in [1.54, 1.807) is 0 Å². The van der Waals surface area contributed by atoms with E-state index in [1.165, 1.54) is 0 Å². The van der Waals surface area contributed by atoms with E-state index in [4.69, 9.17) is 16.6 Å². The van der Waals surface area contributed by atoms with Crippen LogP contribution in [0.15, 0.2) is 18.2 Å². The predicted octanol–water partition coefficient (Wildman–Crippen LogP) is -0.0246. The molecule has 1 aromatic carbocycles. The van der Waals surface area contributed by atoms with E-state index in [2.05, 4.69) is 5.32 Å². The summed E-state index contributed by atoms with van der Waals surface area (Å²) in [6.45, 7) is 1.64. The average molecular weight is 195 g/mol. The summed E-state index contributed by atoms with van der Waals surface area (Å²) < 4.78 is 0. The van der Waals surface area contributed by atoms with Crippen LogP contribution in [0, 0.1) is 0 Å². The average Bonchev–Trinajstić information content (AvgIpc) is 2.18. The van der Waals surface area contributed by atoms with Gasteiger partial charge in [-0.25, -0.2) is 0 Å². The molecule has 0 amide bonds. The van der Waals surface area contributed by atoms with Crippen LogP contribution < -0.4 is 16.8 Å². The Labute approximate surface area is 83.9 Å². The van der Waals surface area contributed by atoms with Gasteiger partial charge >= 0.3 is 0 Å². The smallest absolute Gasteiger partial charge is 0.0555 e. The van der Waals surface area contributed by atoms with Crippen molar-refractivity contribution >= 4 is 11.4 Å². The minimum Gasteiger partial charge on any atom is -0.397 e. The van der Waals surface area contributed by atoms with Crippen molar-refractivity contribution in [3.05, 3.63) is 23.8 Å². The summed E-state index contributed by atoms with van der Waals surface area (Å²) in [7, 11) is 0. The van der Waals surface area contributed by atoms with Crippen LogP contribution in [0.2, 0.25) is 0 Å². The minimum atomic E-state index is 0.171. The van der Waals surface area contributed by atoms with Crippen LogP contribution in [0.3, 0.4) is 0 Å². The highest BCUT2D eigenvalue weighted by Gasteiger charge is 1.96. The quantitative estimate of drug-likeness (QED) is 0.393. The van der Waals surface area contributed by atoms with Crippen LogP contribution in [-0.2, 0) is 6.42 Å². The van der Waals surface area contributed by atoms with Crippen LogP contribution in [0.1, 0.15) is 5.56 Å². The topological polar surface area (TPSA) is 84.3 Å². The van der Waals surface area contributed by atoms with Gasteiger partial charge in [0.05, 0.1) is 18.0 Å². The summed E-state index contributed by atoms with van der Waals surface area (Å²) in [6.07, 6.45) is 0.893.